The van der Waals surface area contributed by atoms with Gasteiger partial charge in [0.1, 0.15) is 16.4 Å². The van der Waals surface area contributed by atoms with Crippen LogP contribution in [0.3, 0.4) is 0 Å². The highest BCUT2D eigenvalue weighted by atomic mass is 35.5. The molecule has 1 N–H and O–H groups in total. The summed E-state index contributed by atoms with van der Waals surface area (Å²) in [5.41, 5.74) is 0.667. The fraction of sp³-hybridized carbons (Fsp3) is 0.167. The molecule has 2 rings (SSSR count). The fourth-order valence-corrected chi connectivity index (χ4v) is 1.69. The Morgan fingerprint density at radius 2 is 2.21 bits per heavy atom. The average molecular weight is 283 g/mol. The summed E-state index contributed by atoms with van der Waals surface area (Å²) in [7, 11) is 1.56. The standard InChI is InChI=1S/C12H11ClN2O4/c1-18-8-2-4-10(13)11(6-8)14-7-9-3-5-12(19-9)15(16)17/h2-6,14H,7H2,1H3. The molecule has 0 radical (unpaired) electrons. The van der Waals surface area contributed by atoms with Gasteiger partial charge in [-0.2, -0.15) is 0 Å². The van der Waals surface area contributed by atoms with Gasteiger partial charge < -0.3 is 14.5 Å². The molecular formula is C12H11ClN2O4. The van der Waals surface area contributed by atoms with Crippen molar-refractivity contribution < 1.29 is 14.1 Å². The Balaban J connectivity index is 2.07. The van der Waals surface area contributed by atoms with Gasteiger partial charge in [-0.05, 0) is 18.2 Å². The van der Waals surface area contributed by atoms with E-state index >= 15 is 0 Å². The number of nitrogens with one attached hydrogen (secondary N) is 1. The van der Waals surface area contributed by atoms with Gasteiger partial charge in [0, 0.05) is 6.07 Å². The normalized spacial score (nSPS) is 10.2. The maximum absolute atomic E-state index is 10.5. The Hall–Kier alpha value is -2.21. The van der Waals surface area contributed by atoms with Gasteiger partial charge >= 0.3 is 5.88 Å². The van der Waals surface area contributed by atoms with E-state index in [0.29, 0.717) is 28.8 Å². The van der Waals surface area contributed by atoms with E-state index in [0.717, 1.165) is 0 Å². The lowest BCUT2D eigenvalue weighted by molar-refractivity contribution is -0.402. The van der Waals surface area contributed by atoms with Crippen molar-refractivity contribution in [3.05, 3.63) is 51.2 Å². The van der Waals surface area contributed by atoms with Gasteiger partial charge in [0.2, 0.25) is 0 Å². The number of hydrogen-bond donors (Lipinski definition) is 1. The molecule has 100 valence electrons. The molecule has 2 aromatic rings. The van der Waals surface area contributed by atoms with Crippen LogP contribution in [0.25, 0.3) is 0 Å². The zero-order chi connectivity index (χ0) is 13.8. The molecule has 0 amide bonds. The molecule has 0 atom stereocenters. The Labute approximate surface area is 114 Å². The summed E-state index contributed by atoms with van der Waals surface area (Å²) in [4.78, 5) is 9.90. The van der Waals surface area contributed by atoms with Crippen molar-refractivity contribution in [2.45, 2.75) is 6.54 Å². The van der Waals surface area contributed by atoms with E-state index < -0.39 is 4.92 Å². The molecule has 0 aliphatic carbocycles. The zero-order valence-electron chi connectivity index (χ0n) is 10.1. The van der Waals surface area contributed by atoms with Crippen molar-refractivity contribution in [3.63, 3.8) is 0 Å². The predicted octanol–water partition coefficient (Wildman–Crippen LogP) is 3.46. The van der Waals surface area contributed by atoms with Crippen LogP contribution in [0, 0.1) is 10.1 Å². The Kier molecular flexibility index (Phi) is 3.91. The SMILES string of the molecule is COc1ccc(Cl)c(NCc2ccc([N+](=O)[O-])o2)c1. The number of halogens is 1. The summed E-state index contributed by atoms with van der Waals surface area (Å²) in [5.74, 6) is 0.830. The summed E-state index contributed by atoms with van der Waals surface area (Å²) < 4.78 is 10.1. The van der Waals surface area contributed by atoms with E-state index in [1.807, 2.05) is 0 Å². The van der Waals surface area contributed by atoms with Crippen LogP contribution in [0.1, 0.15) is 5.76 Å². The Morgan fingerprint density at radius 3 is 2.84 bits per heavy atom. The molecule has 6 nitrogen and oxygen atoms in total. The van der Waals surface area contributed by atoms with Gasteiger partial charge in [-0.25, -0.2) is 0 Å². The smallest absolute Gasteiger partial charge is 0.433 e. The van der Waals surface area contributed by atoms with Crippen molar-refractivity contribution in [1.29, 1.82) is 0 Å². The molecule has 0 unspecified atom stereocenters. The number of furan rings is 1. The first-order chi connectivity index (χ1) is 9.10. The van der Waals surface area contributed by atoms with Crippen LogP contribution in [0.15, 0.2) is 34.7 Å². The third kappa shape index (κ3) is 3.17. The van der Waals surface area contributed by atoms with Crippen LogP contribution in [-0.2, 0) is 6.54 Å². The van der Waals surface area contributed by atoms with Crippen LogP contribution in [0.4, 0.5) is 11.6 Å². The molecule has 0 aliphatic rings. The molecule has 0 bridgehead atoms. The van der Waals surface area contributed by atoms with Crippen molar-refractivity contribution >= 4 is 23.2 Å². The second kappa shape index (κ2) is 5.62. The lowest BCUT2D eigenvalue weighted by atomic mass is 10.3. The molecule has 0 saturated carbocycles. The number of hydrogen-bond acceptors (Lipinski definition) is 5. The molecule has 1 heterocycles. The monoisotopic (exact) mass is 282 g/mol. The van der Waals surface area contributed by atoms with Gasteiger partial charge in [-0.15, -0.1) is 0 Å². The zero-order valence-corrected chi connectivity index (χ0v) is 10.8. The Morgan fingerprint density at radius 1 is 1.42 bits per heavy atom. The van der Waals surface area contributed by atoms with Gasteiger partial charge in [-0.3, -0.25) is 10.1 Å². The first-order valence-electron chi connectivity index (χ1n) is 5.40. The maximum Gasteiger partial charge on any atom is 0.433 e. The maximum atomic E-state index is 10.5. The molecule has 0 aliphatic heterocycles. The topological polar surface area (TPSA) is 77.5 Å². The van der Waals surface area contributed by atoms with E-state index in [4.69, 9.17) is 20.8 Å². The molecule has 19 heavy (non-hydrogen) atoms. The summed E-state index contributed by atoms with van der Waals surface area (Å²) >= 11 is 6.02. The van der Waals surface area contributed by atoms with E-state index in [1.165, 1.54) is 6.07 Å². The number of ether oxygens (including phenoxy) is 1. The highest BCUT2D eigenvalue weighted by molar-refractivity contribution is 6.33. The van der Waals surface area contributed by atoms with Crippen molar-refractivity contribution in [3.8, 4) is 5.75 Å². The van der Waals surface area contributed by atoms with E-state index in [-0.39, 0.29) is 5.88 Å². The fourth-order valence-electron chi connectivity index (χ4n) is 1.51. The molecule has 7 heteroatoms. The minimum Gasteiger partial charge on any atom is -0.497 e. The van der Waals surface area contributed by atoms with E-state index in [2.05, 4.69) is 5.32 Å². The van der Waals surface area contributed by atoms with Crippen molar-refractivity contribution in [2.75, 3.05) is 12.4 Å². The lowest BCUT2D eigenvalue weighted by Gasteiger charge is -2.08. The molecule has 0 saturated heterocycles. The predicted molar refractivity (Wildman–Crippen MR) is 70.7 cm³/mol. The van der Waals surface area contributed by atoms with Crippen LogP contribution >= 0.6 is 11.6 Å². The van der Waals surface area contributed by atoms with E-state index in [1.54, 1.807) is 31.4 Å². The van der Waals surface area contributed by atoms with Crippen LogP contribution in [0.5, 0.6) is 5.75 Å². The minimum atomic E-state index is -0.581. The number of benzene rings is 1. The number of methoxy groups -OCH3 is 1. The van der Waals surface area contributed by atoms with Crippen LogP contribution in [-0.4, -0.2) is 12.0 Å². The number of nitro groups is 1. The molecular weight excluding hydrogens is 272 g/mol. The van der Waals surface area contributed by atoms with Gasteiger partial charge in [0.25, 0.3) is 0 Å². The van der Waals surface area contributed by atoms with Gasteiger partial charge in [0.15, 0.2) is 0 Å². The molecule has 1 aromatic heterocycles. The highest BCUT2D eigenvalue weighted by Crippen LogP contribution is 2.27. The minimum absolute atomic E-state index is 0.284. The summed E-state index contributed by atoms with van der Waals surface area (Å²) in [6, 6.07) is 8.03. The van der Waals surface area contributed by atoms with Gasteiger partial charge in [-0.1, -0.05) is 11.6 Å². The van der Waals surface area contributed by atoms with Gasteiger partial charge in [0.05, 0.1) is 30.4 Å². The molecule has 0 spiro atoms. The van der Waals surface area contributed by atoms with Crippen LogP contribution < -0.4 is 10.1 Å². The average Bonchev–Trinajstić information content (AvgIpc) is 2.87. The second-order valence-electron chi connectivity index (χ2n) is 3.70. The van der Waals surface area contributed by atoms with Crippen molar-refractivity contribution in [2.24, 2.45) is 0 Å². The Bertz CT molecular complexity index is 597. The highest BCUT2D eigenvalue weighted by Gasteiger charge is 2.12. The quantitative estimate of drug-likeness (QED) is 0.671. The summed E-state index contributed by atoms with van der Waals surface area (Å²) in [6.45, 7) is 0.292. The third-order valence-corrected chi connectivity index (χ3v) is 2.78. The summed E-state index contributed by atoms with van der Waals surface area (Å²) in [6.07, 6.45) is 0. The second-order valence-corrected chi connectivity index (χ2v) is 4.10. The third-order valence-electron chi connectivity index (χ3n) is 2.45. The summed E-state index contributed by atoms with van der Waals surface area (Å²) in [5, 5.41) is 14.0. The number of anilines is 1. The largest absolute Gasteiger partial charge is 0.497 e. The number of rotatable bonds is 5. The van der Waals surface area contributed by atoms with Crippen molar-refractivity contribution in [1.82, 2.24) is 0 Å². The van der Waals surface area contributed by atoms with E-state index in [9.17, 15) is 10.1 Å². The number of nitrogens with zero attached hydrogens (tertiary/aromatic N) is 1. The first kappa shape index (κ1) is 13.2. The molecule has 1 aromatic carbocycles. The molecule has 0 fully saturated rings. The first-order valence-corrected chi connectivity index (χ1v) is 5.78. The van der Waals surface area contributed by atoms with Crippen LogP contribution in [0.2, 0.25) is 5.02 Å². The lowest BCUT2D eigenvalue weighted by Crippen LogP contribution is -1.99.